The third-order valence-electron chi connectivity index (χ3n) is 13.9. The Labute approximate surface area is 414 Å². The van der Waals surface area contributed by atoms with E-state index < -0.39 is 48.4 Å². The molecule has 8 bridgehead atoms. The standard InChI is InChI=1S/C53H71BrN2O13/c1-31(16-17-38(61-6)12-10-18-54)21-44(58)47-26-42(62-7)27-53(60,69-47)28-49-55-36(29-63-49)22-33(3)51-35(5)52-34(4)45(67-51)13-9-14-48-56-43(30-64-48)46-24-37(57)23-41(66-46)25-40-20-32(2)19-39(65-40)11-8-15-50(59)68-52/h8-10,14-18,21-22,29-30,34-35,37-42,44-47,51-52,57-58,60H,2,11-13,19-20,23-28H2,1,3-7H3/t34-,35-,37+,38?,39-,40+,41-,42+,44+,45+,46+,47+,51+,52-,53-/m0/s1. The molecule has 15 nitrogen and oxygen atoms in total. The van der Waals surface area contributed by atoms with E-state index in [4.69, 9.17) is 52.0 Å². The van der Waals surface area contributed by atoms with Gasteiger partial charge in [-0.2, -0.15) is 0 Å². The summed E-state index contributed by atoms with van der Waals surface area (Å²) in [5.41, 5.74) is 3.86. The van der Waals surface area contributed by atoms with E-state index >= 15 is 0 Å². The Balaban J connectivity index is 1.06. The Morgan fingerprint density at radius 1 is 0.986 bits per heavy atom. The Kier molecular flexibility index (Phi) is 18.9. The summed E-state index contributed by atoms with van der Waals surface area (Å²) < 4.78 is 55.2. The lowest BCUT2D eigenvalue weighted by atomic mass is 9.79. The Morgan fingerprint density at radius 3 is 2.57 bits per heavy atom. The number of aromatic nitrogens is 2. The van der Waals surface area contributed by atoms with Gasteiger partial charge in [-0.25, -0.2) is 14.8 Å². The first-order valence-corrected chi connectivity index (χ1v) is 25.2. The van der Waals surface area contributed by atoms with Crippen LogP contribution in [-0.4, -0.2) is 118 Å². The Bertz CT molecular complexity index is 2210. The van der Waals surface area contributed by atoms with E-state index in [0.717, 1.165) is 16.7 Å². The van der Waals surface area contributed by atoms with E-state index in [9.17, 15) is 20.1 Å². The number of fused-ring (bicyclic) bond motifs is 9. The lowest BCUT2D eigenvalue weighted by molar-refractivity contribution is -0.286. The van der Waals surface area contributed by atoms with Crippen LogP contribution in [0.4, 0.5) is 0 Å². The summed E-state index contributed by atoms with van der Waals surface area (Å²) in [6.07, 6.45) is 19.5. The first-order chi connectivity index (χ1) is 33.1. The minimum absolute atomic E-state index is 0.0830. The van der Waals surface area contributed by atoms with Gasteiger partial charge in [-0.15, -0.1) is 0 Å². The molecule has 0 saturated carbocycles. The molecule has 0 amide bonds. The van der Waals surface area contributed by atoms with Crippen molar-refractivity contribution in [3.05, 3.63) is 107 Å². The van der Waals surface area contributed by atoms with E-state index in [1.807, 2.05) is 64.2 Å². The van der Waals surface area contributed by atoms with Crippen molar-refractivity contribution in [3.63, 3.8) is 0 Å². The number of carbonyl (C=O) groups excluding carboxylic acids is 1. The second kappa shape index (κ2) is 24.5. The van der Waals surface area contributed by atoms with Crippen LogP contribution >= 0.6 is 15.9 Å². The monoisotopic (exact) mass is 1020 g/mol. The topological polar surface area (TPSA) is 194 Å². The molecule has 378 valence electrons. The predicted molar refractivity (Wildman–Crippen MR) is 261 cm³/mol. The highest BCUT2D eigenvalue weighted by Gasteiger charge is 2.45. The number of halogens is 1. The van der Waals surface area contributed by atoms with Gasteiger partial charge in [0.05, 0.1) is 67.5 Å². The van der Waals surface area contributed by atoms with Crippen LogP contribution < -0.4 is 0 Å². The molecule has 2 aromatic rings. The lowest BCUT2D eigenvalue weighted by Crippen LogP contribution is -2.51. The number of aliphatic hydroxyl groups is 3. The van der Waals surface area contributed by atoms with Gasteiger partial charge in [-0.1, -0.05) is 84.0 Å². The molecule has 1 unspecified atom stereocenters. The van der Waals surface area contributed by atoms with Gasteiger partial charge in [0.2, 0.25) is 5.89 Å². The van der Waals surface area contributed by atoms with E-state index in [1.165, 1.54) is 12.3 Å². The van der Waals surface area contributed by atoms with Crippen LogP contribution in [-0.2, 0) is 44.4 Å². The lowest BCUT2D eigenvalue weighted by Gasteiger charge is -2.44. The van der Waals surface area contributed by atoms with Gasteiger partial charge in [0.25, 0.3) is 0 Å². The fourth-order valence-corrected chi connectivity index (χ4v) is 10.6. The second-order valence-electron chi connectivity index (χ2n) is 19.5. The molecule has 5 aliphatic rings. The van der Waals surface area contributed by atoms with Crippen LogP contribution in [0.2, 0.25) is 0 Å². The quantitative estimate of drug-likeness (QED) is 0.104. The maximum Gasteiger partial charge on any atom is 0.330 e. The van der Waals surface area contributed by atoms with Gasteiger partial charge < -0.3 is 57.3 Å². The molecule has 7 heterocycles. The normalized spacial score (nSPS) is 35.2. The van der Waals surface area contributed by atoms with Crippen molar-refractivity contribution in [2.75, 3.05) is 14.2 Å². The molecular weight excluding hydrogens is 952 g/mol. The molecular formula is C53H71BrN2O13. The molecule has 2 aromatic heterocycles. The molecule has 3 N–H and O–H groups in total. The fraction of sp³-hybridized carbons (Fsp3) is 0.604. The summed E-state index contributed by atoms with van der Waals surface area (Å²) in [6.45, 7) is 12.2. The Morgan fingerprint density at radius 2 is 1.78 bits per heavy atom. The van der Waals surface area contributed by atoms with Gasteiger partial charge in [-0.3, -0.25) is 0 Å². The number of carbonyl (C=O) groups is 1. The zero-order valence-electron chi connectivity index (χ0n) is 40.7. The molecule has 7 rings (SSSR count). The highest BCUT2D eigenvalue weighted by molar-refractivity contribution is 9.11. The van der Waals surface area contributed by atoms with Crippen LogP contribution in [0.1, 0.15) is 121 Å². The van der Waals surface area contributed by atoms with E-state index in [2.05, 4.69) is 22.5 Å². The van der Waals surface area contributed by atoms with Crippen LogP contribution in [0, 0.1) is 11.8 Å². The average molecular weight is 1020 g/mol. The predicted octanol–water partition coefficient (Wildman–Crippen LogP) is 8.76. The summed E-state index contributed by atoms with van der Waals surface area (Å²) in [4.78, 5) is 24.8. The highest BCUT2D eigenvalue weighted by Crippen LogP contribution is 2.40. The number of ether oxygens (including phenoxy) is 7. The van der Waals surface area contributed by atoms with E-state index in [-0.39, 0.29) is 67.2 Å². The molecule has 0 aromatic carbocycles. The molecule has 4 saturated heterocycles. The van der Waals surface area contributed by atoms with Crippen molar-refractivity contribution >= 4 is 34.1 Å². The van der Waals surface area contributed by atoms with Crippen LogP contribution in [0.25, 0.3) is 12.2 Å². The van der Waals surface area contributed by atoms with Crippen LogP contribution in [0.15, 0.2) is 92.2 Å². The second-order valence-corrected chi connectivity index (χ2v) is 20.0. The smallest absolute Gasteiger partial charge is 0.330 e. The molecule has 16 heteroatoms. The summed E-state index contributed by atoms with van der Waals surface area (Å²) in [5, 5.41) is 33.9. The van der Waals surface area contributed by atoms with Crippen molar-refractivity contribution in [2.24, 2.45) is 11.8 Å². The van der Waals surface area contributed by atoms with Crippen molar-refractivity contribution in [2.45, 2.75) is 177 Å². The number of rotatable bonds is 12. The molecule has 4 fully saturated rings. The van der Waals surface area contributed by atoms with E-state index in [0.29, 0.717) is 75.1 Å². The summed E-state index contributed by atoms with van der Waals surface area (Å²) >= 11 is 3.28. The molecule has 0 radical (unpaired) electrons. The maximum absolute atomic E-state index is 13.6. The third-order valence-corrected chi connectivity index (χ3v) is 14.2. The summed E-state index contributed by atoms with van der Waals surface area (Å²) in [5.74, 6) is -1.95. The zero-order chi connectivity index (χ0) is 49.2. The first kappa shape index (κ1) is 53.0. The van der Waals surface area contributed by atoms with Crippen LogP contribution in [0.5, 0.6) is 0 Å². The van der Waals surface area contributed by atoms with E-state index in [1.54, 1.807) is 37.6 Å². The van der Waals surface area contributed by atoms with Crippen LogP contribution in [0.3, 0.4) is 0 Å². The van der Waals surface area contributed by atoms with Gasteiger partial charge in [-0.05, 0) is 75.1 Å². The van der Waals surface area contributed by atoms with Crippen molar-refractivity contribution in [1.82, 2.24) is 9.97 Å². The molecule has 69 heavy (non-hydrogen) atoms. The highest BCUT2D eigenvalue weighted by atomic mass is 79.9. The third kappa shape index (κ3) is 14.6. The zero-order valence-corrected chi connectivity index (χ0v) is 42.3. The number of hydrogen-bond acceptors (Lipinski definition) is 15. The summed E-state index contributed by atoms with van der Waals surface area (Å²) in [6, 6.07) is 0. The number of oxazole rings is 2. The van der Waals surface area contributed by atoms with Gasteiger partial charge in [0, 0.05) is 57.8 Å². The SMILES string of the molecule is C=C1C[C@@H]2C[C@@H]3C[C@@H](O)C[C@@H](O3)c3coc(n3)C=CC[C@H]3O[C@H](C(C)=Cc4coc(C[C@]5(O)C[C@H](OC)C[C@H]([C@H](O)C=C(C)C=CC(CC=CBr)OC)O5)n4)[C@H](C)[C@@H](OC(=O)C=CC[C@@H](C1)O2)[C@H]3C. The molecule has 5 aliphatic heterocycles. The van der Waals surface area contributed by atoms with Crippen molar-refractivity contribution in [3.8, 4) is 0 Å². The van der Waals surface area contributed by atoms with Gasteiger partial charge >= 0.3 is 5.97 Å². The minimum atomic E-state index is -1.73. The minimum Gasteiger partial charge on any atom is -0.458 e. The molecule has 15 atom stereocenters. The summed E-state index contributed by atoms with van der Waals surface area (Å²) in [7, 11) is 3.22. The number of methoxy groups -OCH3 is 2. The number of aliphatic hydroxyl groups excluding tert-OH is 2. The number of esters is 1. The molecule has 0 spiro atoms. The largest absolute Gasteiger partial charge is 0.458 e. The number of allylic oxidation sites excluding steroid dienone is 2. The average Bonchev–Trinajstić information content (AvgIpc) is 3.96. The fourth-order valence-electron chi connectivity index (χ4n) is 10.4. The first-order valence-electron chi connectivity index (χ1n) is 24.3. The van der Waals surface area contributed by atoms with Gasteiger partial charge in [0.15, 0.2) is 11.7 Å². The number of nitrogens with zero attached hydrogens (tertiary/aromatic N) is 2. The molecule has 0 aliphatic carbocycles. The van der Waals surface area contributed by atoms with Crippen molar-refractivity contribution in [1.29, 1.82) is 0 Å². The van der Waals surface area contributed by atoms with Crippen molar-refractivity contribution < 1.29 is 62.1 Å². The maximum atomic E-state index is 13.6. The number of hydrogen-bond donors (Lipinski definition) is 3. The Hall–Kier alpha value is -3.81. The van der Waals surface area contributed by atoms with Gasteiger partial charge in [0.1, 0.15) is 36.1 Å².